The number of nitriles is 1. The van der Waals surface area contributed by atoms with Crippen LogP contribution >= 0.6 is 0 Å². The number of furan rings is 1. The Kier molecular flexibility index (Phi) is 4.34. The van der Waals surface area contributed by atoms with E-state index >= 15 is 0 Å². The van der Waals surface area contributed by atoms with E-state index in [-0.39, 0.29) is 5.92 Å². The third-order valence-electron chi connectivity index (χ3n) is 5.54. The van der Waals surface area contributed by atoms with Crippen molar-refractivity contribution in [3.05, 3.63) is 90.1 Å². The van der Waals surface area contributed by atoms with Gasteiger partial charge in [0.05, 0.1) is 11.3 Å². The van der Waals surface area contributed by atoms with Crippen molar-refractivity contribution in [3.63, 3.8) is 0 Å². The standard InChI is InChI=1S/C27H20N2O/c1-17(2)25-23(16-28)21(18-9-4-3-5-10-18)15-22-19-11-8-12-20(26(19)30-27(22)25)24-13-6-7-14-29-24/h3-15,17H,1-2H3. The van der Waals surface area contributed by atoms with Crippen molar-refractivity contribution >= 4 is 21.9 Å². The third-order valence-corrected chi connectivity index (χ3v) is 5.54. The minimum atomic E-state index is 0.143. The van der Waals surface area contributed by atoms with E-state index < -0.39 is 0 Å². The molecule has 0 amide bonds. The number of hydrogen-bond acceptors (Lipinski definition) is 3. The van der Waals surface area contributed by atoms with Crippen molar-refractivity contribution < 1.29 is 4.42 Å². The minimum absolute atomic E-state index is 0.143. The van der Waals surface area contributed by atoms with Gasteiger partial charge in [-0.1, -0.05) is 62.4 Å². The highest BCUT2D eigenvalue weighted by Crippen LogP contribution is 2.42. The number of aromatic nitrogens is 1. The molecule has 0 fully saturated rings. The Bertz CT molecular complexity index is 1410. The SMILES string of the molecule is CC(C)c1c(C#N)c(-c2ccccc2)cc2c1oc1c(-c3ccccn3)cccc12. The molecule has 0 atom stereocenters. The quantitative estimate of drug-likeness (QED) is 0.325. The van der Waals surface area contributed by atoms with Crippen molar-refractivity contribution in [2.75, 3.05) is 0 Å². The summed E-state index contributed by atoms with van der Waals surface area (Å²) in [6.45, 7) is 4.22. The largest absolute Gasteiger partial charge is 0.455 e. The molecule has 0 aliphatic carbocycles. The van der Waals surface area contributed by atoms with Crippen molar-refractivity contribution in [1.29, 1.82) is 5.26 Å². The predicted octanol–water partition coefficient (Wildman–Crippen LogP) is 7.31. The van der Waals surface area contributed by atoms with E-state index in [9.17, 15) is 5.26 Å². The van der Waals surface area contributed by atoms with Gasteiger partial charge in [0.15, 0.2) is 0 Å². The second kappa shape index (κ2) is 7.17. The Hall–Kier alpha value is -3.90. The van der Waals surface area contributed by atoms with Crippen molar-refractivity contribution in [2.24, 2.45) is 0 Å². The summed E-state index contributed by atoms with van der Waals surface area (Å²) < 4.78 is 6.47. The zero-order chi connectivity index (χ0) is 20.7. The Balaban J connectivity index is 1.92. The summed E-state index contributed by atoms with van der Waals surface area (Å²) in [5, 5.41) is 12.1. The maximum atomic E-state index is 10.1. The van der Waals surface area contributed by atoms with Gasteiger partial charge >= 0.3 is 0 Å². The number of nitrogens with zero attached hydrogens (tertiary/aromatic N) is 2. The van der Waals surface area contributed by atoms with Gasteiger partial charge in [-0.15, -0.1) is 0 Å². The molecule has 0 bridgehead atoms. The van der Waals surface area contributed by atoms with Crippen LogP contribution in [0, 0.1) is 11.3 Å². The zero-order valence-electron chi connectivity index (χ0n) is 16.9. The van der Waals surface area contributed by atoms with Gasteiger partial charge in [-0.25, -0.2) is 0 Å². The van der Waals surface area contributed by atoms with Crippen LogP contribution in [0.4, 0.5) is 0 Å². The van der Waals surface area contributed by atoms with E-state index in [1.54, 1.807) is 6.20 Å². The lowest BCUT2D eigenvalue weighted by molar-refractivity contribution is 0.657. The van der Waals surface area contributed by atoms with Crippen LogP contribution in [0.25, 0.3) is 44.3 Å². The fraction of sp³-hybridized carbons (Fsp3) is 0.111. The molecule has 5 aromatic rings. The molecule has 0 N–H and O–H groups in total. The van der Waals surface area contributed by atoms with Crippen LogP contribution in [0.15, 0.2) is 83.4 Å². The Morgan fingerprint density at radius 1 is 0.833 bits per heavy atom. The molecule has 0 saturated heterocycles. The molecule has 2 heterocycles. The molecule has 2 aromatic heterocycles. The fourth-order valence-corrected chi connectivity index (χ4v) is 4.20. The van der Waals surface area contributed by atoms with Crippen LogP contribution in [0.2, 0.25) is 0 Å². The lowest BCUT2D eigenvalue weighted by Gasteiger charge is -2.13. The molecule has 3 aromatic carbocycles. The number of rotatable bonds is 3. The molecule has 144 valence electrons. The summed E-state index contributed by atoms with van der Waals surface area (Å²) in [6, 6.07) is 26.7. The molecule has 30 heavy (non-hydrogen) atoms. The summed E-state index contributed by atoms with van der Waals surface area (Å²) in [7, 11) is 0. The van der Waals surface area contributed by atoms with Gasteiger partial charge in [0.2, 0.25) is 0 Å². The Morgan fingerprint density at radius 2 is 1.63 bits per heavy atom. The maximum Gasteiger partial charge on any atom is 0.144 e. The summed E-state index contributed by atoms with van der Waals surface area (Å²) in [6.07, 6.45) is 1.79. The molecule has 3 nitrogen and oxygen atoms in total. The average molecular weight is 388 g/mol. The predicted molar refractivity (Wildman–Crippen MR) is 121 cm³/mol. The van der Waals surface area contributed by atoms with Crippen LogP contribution < -0.4 is 0 Å². The smallest absolute Gasteiger partial charge is 0.144 e. The van der Waals surface area contributed by atoms with E-state index in [0.717, 1.165) is 49.9 Å². The Labute approximate surface area is 175 Å². The summed E-state index contributed by atoms with van der Waals surface area (Å²) in [4.78, 5) is 4.51. The molecule has 0 aliphatic heterocycles. The fourth-order valence-electron chi connectivity index (χ4n) is 4.20. The first-order valence-electron chi connectivity index (χ1n) is 10.1. The van der Waals surface area contributed by atoms with Crippen molar-refractivity contribution in [3.8, 4) is 28.5 Å². The van der Waals surface area contributed by atoms with Crippen LogP contribution in [-0.2, 0) is 0 Å². The van der Waals surface area contributed by atoms with Crippen molar-refractivity contribution in [1.82, 2.24) is 4.98 Å². The molecule has 0 saturated carbocycles. The van der Waals surface area contributed by atoms with E-state index in [1.807, 2.05) is 60.7 Å². The van der Waals surface area contributed by atoms with Gasteiger partial charge in [-0.2, -0.15) is 5.26 Å². The highest BCUT2D eigenvalue weighted by atomic mass is 16.3. The first-order chi connectivity index (χ1) is 14.7. The van der Waals surface area contributed by atoms with Crippen LogP contribution in [0.5, 0.6) is 0 Å². The van der Waals surface area contributed by atoms with Crippen LogP contribution in [-0.4, -0.2) is 4.98 Å². The molecule has 0 unspecified atom stereocenters. The van der Waals surface area contributed by atoms with Gasteiger partial charge in [-0.3, -0.25) is 4.98 Å². The third kappa shape index (κ3) is 2.77. The van der Waals surface area contributed by atoms with Crippen LogP contribution in [0.1, 0.15) is 30.9 Å². The molecule has 0 spiro atoms. The minimum Gasteiger partial charge on any atom is -0.455 e. The summed E-state index contributed by atoms with van der Waals surface area (Å²) >= 11 is 0. The second-order valence-electron chi connectivity index (χ2n) is 7.72. The molecule has 0 radical (unpaired) electrons. The molecule has 5 rings (SSSR count). The van der Waals surface area contributed by atoms with E-state index in [1.165, 1.54) is 0 Å². The topological polar surface area (TPSA) is 49.8 Å². The van der Waals surface area contributed by atoms with Gasteiger partial charge < -0.3 is 4.42 Å². The number of para-hydroxylation sites is 1. The zero-order valence-corrected chi connectivity index (χ0v) is 16.9. The van der Waals surface area contributed by atoms with Gasteiger partial charge in [0.1, 0.15) is 17.2 Å². The average Bonchev–Trinajstić information content (AvgIpc) is 3.17. The number of pyridine rings is 1. The first-order valence-corrected chi connectivity index (χ1v) is 10.1. The number of benzene rings is 3. The van der Waals surface area contributed by atoms with Gasteiger partial charge in [0.25, 0.3) is 0 Å². The van der Waals surface area contributed by atoms with Crippen LogP contribution in [0.3, 0.4) is 0 Å². The van der Waals surface area contributed by atoms with Gasteiger partial charge in [0, 0.05) is 33.7 Å². The lowest BCUT2D eigenvalue weighted by atomic mass is 9.88. The lowest BCUT2D eigenvalue weighted by Crippen LogP contribution is -1.97. The second-order valence-corrected chi connectivity index (χ2v) is 7.72. The molecule has 3 heteroatoms. The van der Waals surface area contributed by atoms with Gasteiger partial charge in [-0.05, 0) is 35.7 Å². The monoisotopic (exact) mass is 388 g/mol. The van der Waals surface area contributed by atoms with E-state index in [2.05, 4.69) is 37.0 Å². The van der Waals surface area contributed by atoms with E-state index in [4.69, 9.17) is 4.42 Å². The number of hydrogen-bond donors (Lipinski definition) is 0. The van der Waals surface area contributed by atoms with E-state index in [0.29, 0.717) is 5.56 Å². The summed E-state index contributed by atoms with van der Waals surface area (Å²) in [5.74, 6) is 0.143. The Morgan fingerprint density at radius 3 is 2.33 bits per heavy atom. The molecular weight excluding hydrogens is 368 g/mol. The number of fused-ring (bicyclic) bond motifs is 3. The highest BCUT2D eigenvalue weighted by molar-refractivity contribution is 6.12. The van der Waals surface area contributed by atoms with Crippen molar-refractivity contribution in [2.45, 2.75) is 19.8 Å². The normalized spacial score (nSPS) is 11.3. The maximum absolute atomic E-state index is 10.1. The highest BCUT2D eigenvalue weighted by Gasteiger charge is 2.22. The summed E-state index contributed by atoms with van der Waals surface area (Å²) in [5.41, 5.74) is 7.05. The molecular formula is C27H20N2O. The molecule has 0 aliphatic rings. The first kappa shape index (κ1) is 18.1.